The van der Waals surface area contributed by atoms with E-state index in [1.54, 1.807) is 0 Å². The van der Waals surface area contributed by atoms with Crippen molar-refractivity contribution in [1.82, 2.24) is 0 Å². The zero-order valence-corrected chi connectivity index (χ0v) is 9.24. The summed E-state index contributed by atoms with van der Waals surface area (Å²) in [6, 6.07) is 2.38. The highest BCUT2D eigenvalue weighted by Crippen LogP contribution is 2.33. The van der Waals surface area contributed by atoms with Gasteiger partial charge in [-0.3, -0.25) is 0 Å². The second-order valence-electron chi connectivity index (χ2n) is 2.22. The van der Waals surface area contributed by atoms with E-state index in [2.05, 4.69) is 4.74 Å². The molecule has 1 aromatic rings. The first-order chi connectivity index (χ1) is 6.31. The van der Waals surface area contributed by atoms with Crippen LogP contribution in [0.4, 0.5) is 17.6 Å². The summed E-state index contributed by atoms with van der Waals surface area (Å²) in [5, 5.41) is -0.412. The molecule has 0 radical (unpaired) electrons. The van der Waals surface area contributed by atoms with Gasteiger partial charge in [-0.15, -0.1) is 13.2 Å². The largest absolute Gasteiger partial charge is 0.573 e. The number of alkyl halides is 3. The monoisotopic (exact) mass is 340 g/mol. The van der Waals surface area contributed by atoms with E-state index >= 15 is 0 Å². The lowest BCUT2D eigenvalue weighted by molar-refractivity contribution is -0.275. The van der Waals surface area contributed by atoms with Crippen LogP contribution in [0.3, 0.4) is 0 Å². The van der Waals surface area contributed by atoms with Crippen molar-refractivity contribution in [2.45, 2.75) is 6.36 Å². The van der Waals surface area contributed by atoms with Gasteiger partial charge in [-0.2, -0.15) is 0 Å². The maximum absolute atomic E-state index is 13.0. The van der Waals surface area contributed by atoms with Gasteiger partial charge >= 0.3 is 6.36 Å². The van der Waals surface area contributed by atoms with Crippen LogP contribution in [0.1, 0.15) is 0 Å². The van der Waals surface area contributed by atoms with E-state index in [0.717, 1.165) is 6.07 Å². The molecular formula is C7H2ClF4IO. The number of halogens is 6. The molecule has 14 heavy (non-hydrogen) atoms. The molecule has 0 heterocycles. The third kappa shape index (κ3) is 2.88. The molecule has 1 rings (SSSR count). The van der Waals surface area contributed by atoms with Crippen LogP contribution >= 0.6 is 34.2 Å². The lowest BCUT2D eigenvalue weighted by atomic mass is 10.3. The van der Waals surface area contributed by atoms with Gasteiger partial charge in [0.2, 0.25) is 0 Å². The fourth-order valence-corrected chi connectivity index (χ4v) is 1.39. The van der Waals surface area contributed by atoms with Crippen molar-refractivity contribution in [3.63, 3.8) is 0 Å². The fraction of sp³-hybridized carbons (Fsp3) is 0.143. The Balaban J connectivity index is 3.13. The molecule has 1 nitrogen and oxygen atoms in total. The number of ether oxygens (including phenoxy) is 1. The van der Waals surface area contributed by atoms with Crippen LogP contribution in [0.15, 0.2) is 12.1 Å². The van der Waals surface area contributed by atoms with Crippen LogP contribution in [-0.4, -0.2) is 6.36 Å². The standard InChI is InChI=1S/C7H2ClF4IO/c8-3-1-2-4(13)6(5(3)9)14-7(10,11)12/h1-2H. The number of hydrogen-bond donors (Lipinski definition) is 0. The average molecular weight is 340 g/mol. The Morgan fingerprint density at radius 3 is 2.36 bits per heavy atom. The smallest absolute Gasteiger partial charge is 0.401 e. The molecule has 0 saturated carbocycles. The average Bonchev–Trinajstić information content (AvgIpc) is 2.04. The van der Waals surface area contributed by atoms with Crippen molar-refractivity contribution in [2.24, 2.45) is 0 Å². The first-order valence-corrected chi connectivity index (χ1v) is 4.66. The van der Waals surface area contributed by atoms with Gasteiger partial charge in [-0.1, -0.05) is 11.6 Å². The first-order valence-electron chi connectivity index (χ1n) is 3.20. The zero-order chi connectivity index (χ0) is 10.9. The molecule has 0 N–H and O–H groups in total. The molecule has 0 aliphatic heterocycles. The van der Waals surface area contributed by atoms with Crippen LogP contribution < -0.4 is 4.74 Å². The summed E-state index contributed by atoms with van der Waals surface area (Å²) >= 11 is 6.81. The molecule has 1 aromatic carbocycles. The van der Waals surface area contributed by atoms with E-state index in [9.17, 15) is 17.6 Å². The third-order valence-electron chi connectivity index (χ3n) is 1.22. The van der Waals surface area contributed by atoms with Crippen molar-refractivity contribution < 1.29 is 22.3 Å². The minimum Gasteiger partial charge on any atom is -0.401 e. The molecule has 0 unspecified atom stereocenters. The predicted octanol–water partition coefficient (Wildman–Crippen LogP) is 3.98. The summed E-state index contributed by atoms with van der Waals surface area (Å²) in [6.45, 7) is 0. The normalized spacial score (nSPS) is 11.6. The third-order valence-corrected chi connectivity index (χ3v) is 2.36. The van der Waals surface area contributed by atoms with Gasteiger partial charge in [0.1, 0.15) is 0 Å². The van der Waals surface area contributed by atoms with Crippen molar-refractivity contribution in [2.75, 3.05) is 0 Å². The molecule has 0 aromatic heterocycles. The molecular weight excluding hydrogens is 338 g/mol. The van der Waals surface area contributed by atoms with E-state index in [0.29, 0.717) is 0 Å². The lowest BCUT2D eigenvalue weighted by Gasteiger charge is -2.11. The highest BCUT2D eigenvalue weighted by Gasteiger charge is 2.33. The molecule has 0 atom stereocenters. The number of rotatable bonds is 1. The van der Waals surface area contributed by atoms with E-state index < -0.39 is 23.0 Å². The van der Waals surface area contributed by atoms with Gasteiger partial charge < -0.3 is 4.74 Å². The van der Waals surface area contributed by atoms with Crippen LogP contribution in [-0.2, 0) is 0 Å². The molecule has 0 saturated heterocycles. The quantitative estimate of drug-likeness (QED) is 0.427. The Morgan fingerprint density at radius 1 is 1.29 bits per heavy atom. The molecule has 0 spiro atoms. The van der Waals surface area contributed by atoms with Gasteiger partial charge in [-0.25, -0.2) is 4.39 Å². The molecule has 0 fully saturated rings. The van der Waals surface area contributed by atoms with Crippen LogP contribution in [0.25, 0.3) is 0 Å². The summed E-state index contributed by atoms with van der Waals surface area (Å²) in [4.78, 5) is 0. The summed E-state index contributed by atoms with van der Waals surface area (Å²) in [5.74, 6) is -2.11. The van der Waals surface area contributed by atoms with E-state index in [1.165, 1.54) is 28.7 Å². The molecule has 0 amide bonds. The highest BCUT2D eigenvalue weighted by atomic mass is 127. The van der Waals surface area contributed by atoms with Crippen LogP contribution in [0, 0.1) is 9.39 Å². The van der Waals surface area contributed by atoms with Gasteiger partial charge in [0, 0.05) is 0 Å². The van der Waals surface area contributed by atoms with E-state index in [-0.39, 0.29) is 3.57 Å². The highest BCUT2D eigenvalue weighted by molar-refractivity contribution is 14.1. The molecule has 0 bridgehead atoms. The van der Waals surface area contributed by atoms with Gasteiger partial charge in [0.15, 0.2) is 11.6 Å². The number of hydrogen-bond acceptors (Lipinski definition) is 1. The molecule has 78 valence electrons. The maximum atomic E-state index is 13.0. The van der Waals surface area contributed by atoms with Gasteiger partial charge in [0.05, 0.1) is 8.59 Å². The molecule has 0 aliphatic rings. The van der Waals surface area contributed by atoms with Crippen molar-refractivity contribution in [3.05, 3.63) is 26.5 Å². The van der Waals surface area contributed by atoms with Crippen LogP contribution in [0.5, 0.6) is 5.75 Å². The predicted molar refractivity (Wildman–Crippen MR) is 50.8 cm³/mol. The zero-order valence-electron chi connectivity index (χ0n) is 6.33. The van der Waals surface area contributed by atoms with Gasteiger partial charge in [-0.05, 0) is 34.7 Å². The van der Waals surface area contributed by atoms with Gasteiger partial charge in [0.25, 0.3) is 0 Å². The molecule has 7 heteroatoms. The Labute approximate surface area is 95.1 Å². The summed E-state index contributed by atoms with van der Waals surface area (Å²) in [7, 11) is 0. The minimum absolute atomic E-state index is 0.00169. The SMILES string of the molecule is Fc1c(Cl)ccc(I)c1OC(F)(F)F. The van der Waals surface area contributed by atoms with E-state index in [4.69, 9.17) is 11.6 Å². The van der Waals surface area contributed by atoms with Crippen molar-refractivity contribution in [1.29, 1.82) is 0 Å². The first kappa shape index (κ1) is 11.8. The Hall–Kier alpha value is -0.240. The van der Waals surface area contributed by atoms with Crippen molar-refractivity contribution >= 4 is 34.2 Å². The summed E-state index contributed by atoms with van der Waals surface area (Å²) < 4.78 is 51.9. The fourth-order valence-electron chi connectivity index (χ4n) is 0.718. The van der Waals surface area contributed by atoms with Crippen molar-refractivity contribution in [3.8, 4) is 5.75 Å². The molecule has 0 aliphatic carbocycles. The van der Waals surface area contributed by atoms with Crippen LogP contribution in [0.2, 0.25) is 5.02 Å². The second-order valence-corrected chi connectivity index (χ2v) is 3.79. The summed E-state index contributed by atoms with van der Waals surface area (Å²) in [5.41, 5.74) is 0. The maximum Gasteiger partial charge on any atom is 0.573 e. The van der Waals surface area contributed by atoms with E-state index in [1.807, 2.05) is 0 Å². The Kier molecular flexibility index (Phi) is 3.46. The lowest BCUT2D eigenvalue weighted by Crippen LogP contribution is -2.18. The number of benzene rings is 1. The topological polar surface area (TPSA) is 9.23 Å². The Bertz CT molecular complexity index is 352. The second kappa shape index (κ2) is 4.09. The summed E-state index contributed by atoms with van der Waals surface area (Å²) in [6.07, 6.45) is -4.93. The minimum atomic E-state index is -4.93. The Morgan fingerprint density at radius 2 is 1.86 bits per heavy atom.